The van der Waals surface area contributed by atoms with Crippen LogP contribution in [0.4, 0.5) is 5.69 Å². The second-order valence-electron chi connectivity index (χ2n) is 5.81. The van der Waals surface area contributed by atoms with E-state index in [1.807, 2.05) is 11.4 Å². The van der Waals surface area contributed by atoms with E-state index in [4.69, 9.17) is 0 Å². The highest BCUT2D eigenvalue weighted by atomic mass is 32.2. The van der Waals surface area contributed by atoms with Crippen LogP contribution in [0.2, 0.25) is 0 Å². The molecule has 0 bridgehead atoms. The summed E-state index contributed by atoms with van der Waals surface area (Å²) in [6.07, 6.45) is 0. The molecule has 1 atom stereocenters. The number of hydrogen-bond donors (Lipinski definition) is 0. The molecule has 0 radical (unpaired) electrons. The summed E-state index contributed by atoms with van der Waals surface area (Å²) < 4.78 is 0. The summed E-state index contributed by atoms with van der Waals surface area (Å²) in [7, 11) is 1.71. The van der Waals surface area contributed by atoms with Gasteiger partial charge in [0.2, 0.25) is 5.91 Å². The maximum Gasteiger partial charge on any atom is 0.269 e. The highest BCUT2D eigenvalue weighted by molar-refractivity contribution is 8.00. The monoisotopic (exact) mass is 391 g/mol. The molecule has 1 fully saturated rings. The minimum Gasteiger partial charge on any atom is -0.339 e. The number of non-ortho nitro benzene ring substituents is 1. The molecule has 136 valence electrons. The zero-order valence-electron chi connectivity index (χ0n) is 14.0. The molecule has 7 nitrogen and oxygen atoms in total. The maximum atomic E-state index is 12.3. The van der Waals surface area contributed by atoms with E-state index in [-0.39, 0.29) is 22.9 Å². The molecule has 2 aromatic rings. The van der Waals surface area contributed by atoms with E-state index in [2.05, 4.69) is 0 Å². The van der Waals surface area contributed by atoms with Crippen LogP contribution in [0, 0.1) is 10.1 Å². The molecule has 1 aromatic heterocycles. The van der Waals surface area contributed by atoms with Gasteiger partial charge in [-0.3, -0.25) is 19.7 Å². The van der Waals surface area contributed by atoms with Gasteiger partial charge < -0.3 is 9.80 Å². The molecule has 1 aliphatic rings. The fourth-order valence-corrected chi connectivity index (χ4v) is 4.64. The van der Waals surface area contributed by atoms with Crippen molar-refractivity contribution in [2.24, 2.45) is 0 Å². The Labute approximate surface area is 158 Å². The van der Waals surface area contributed by atoms with E-state index in [9.17, 15) is 19.7 Å². The van der Waals surface area contributed by atoms with Gasteiger partial charge in [-0.25, -0.2) is 0 Å². The SMILES string of the molecule is CN(CCN1C(=O)CSC1c1cccc([N+](=O)[O-])c1)C(=O)c1cccs1. The second-order valence-corrected chi connectivity index (χ2v) is 7.82. The lowest BCUT2D eigenvalue weighted by Crippen LogP contribution is -2.38. The molecule has 9 heteroatoms. The van der Waals surface area contributed by atoms with E-state index in [1.165, 1.54) is 35.2 Å². The largest absolute Gasteiger partial charge is 0.339 e. The number of carbonyl (C=O) groups excluding carboxylic acids is 2. The predicted molar refractivity (Wildman–Crippen MR) is 101 cm³/mol. The number of likely N-dealkylation sites (N-methyl/N-ethyl adjacent to an activating group) is 1. The average molecular weight is 391 g/mol. The quantitative estimate of drug-likeness (QED) is 0.558. The van der Waals surface area contributed by atoms with Gasteiger partial charge in [-0.1, -0.05) is 18.2 Å². The molecule has 0 aliphatic carbocycles. The maximum absolute atomic E-state index is 12.3. The van der Waals surface area contributed by atoms with Crippen molar-refractivity contribution < 1.29 is 14.5 Å². The highest BCUT2D eigenvalue weighted by Gasteiger charge is 2.33. The standard InChI is InChI=1S/C17H17N3O4S2/c1-18(16(22)14-6-3-9-25-14)7-8-19-15(21)11-26-17(19)12-4-2-5-13(10-12)20(23)24/h2-6,9-10,17H,7-8,11H2,1H3. The Hall–Kier alpha value is -2.39. The van der Waals surface area contributed by atoms with Crippen molar-refractivity contribution in [2.45, 2.75) is 5.37 Å². The minimum atomic E-state index is -0.442. The first-order valence-electron chi connectivity index (χ1n) is 7.92. The lowest BCUT2D eigenvalue weighted by atomic mass is 10.2. The number of nitro groups is 1. The van der Waals surface area contributed by atoms with Gasteiger partial charge in [0, 0.05) is 32.3 Å². The highest BCUT2D eigenvalue weighted by Crippen LogP contribution is 2.39. The molecule has 1 aliphatic heterocycles. The molecular formula is C17H17N3O4S2. The molecule has 0 N–H and O–H groups in total. The number of nitrogens with zero attached hydrogens (tertiary/aromatic N) is 3. The first kappa shape index (κ1) is 18.4. The topological polar surface area (TPSA) is 83.8 Å². The van der Waals surface area contributed by atoms with Gasteiger partial charge in [-0.05, 0) is 17.0 Å². The Morgan fingerprint density at radius 3 is 2.88 bits per heavy atom. The summed E-state index contributed by atoms with van der Waals surface area (Å²) in [5, 5.41) is 12.6. The Bertz CT molecular complexity index is 825. The predicted octanol–water partition coefficient (Wildman–Crippen LogP) is 3.00. The second kappa shape index (κ2) is 7.88. The van der Waals surface area contributed by atoms with Crippen molar-refractivity contribution in [1.82, 2.24) is 9.80 Å². The zero-order valence-corrected chi connectivity index (χ0v) is 15.7. The lowest BCUT2D eigenvalue weighted by Gasteiger charge is -2.26. The molecule has 1 aromatic carbocycles. The molecular weight excluding hydrogens is 374 g/mol. The first-order chi connectivity index (χ1) is 12.5. The van der Waals surface area contributed by atoms with Gasteiger partial charge >= 0.3 is 0 Å². The van der Waals surface area contributed by atoms with Crippen molar-refractivity contribution in [3.63, 3.8) is 0 Å². The Morgan fingerprint density at radius 2 is 2.19 bits per heavy atom. The van der Waals surface area contributed by atoms with Crippen molar-refractivity contribution in [1.29, 1.82) is 0 Å². The average Bonchev–Trinajstić information content (AvgIpc) is 3.29. The van der Waals surface area contributed by atoms with E-state index >= 15 is 0 Å². The summed E-state index contributed by atoms with van der Waals surface area (Å²) in [5.41, 5.74) is 0.731. The smallest absolute Gasteiger partial charge is 0.269 e. The van der Waals surface area contributed by atoms with Crippen LogP contribution in [-0.4, -0.2) is 52.4 Å². The van der Waals surface area contributed by atoms with Crippen LogP contribution in [0.5, 0.6) is 0 Å². The van der Waals surface area contributed by atoms with Gasteiger partial charge in [0.1, 0.15) is 5.37 Å². The number of amides is 2. The molecule has 2 amide bonds. The Balaban J connectivity index is 1.69. The van der Waals surface area contributed by atoms with Crippen molar-refractivity contribution in [2.75, 3.05) is 25.9 Å². The minimum absolute atomic E-state index is 0.00684. The number of carbonyl (C=O) groups is 2. The van der Waals surface area contributed by atoms with Crippen molar-refractivity contribution in [3.8, 4) is 0 Å². The van der Waals surface area contributed by atoms with Gasteiger partial charge in [0.05, 0.1) is 15.6 Å². The molecule has 2 heterocycles. The number of benzene rings is 1. The third-order valence-corrected chi connectivity index (χ3v) is 6.20. The fraction of sp³-hybridized carbons (Fsp3) is 0.294. The summed E-state index contributed by atoms with van der Waals surface area (Å²) >= 11 is 2.82. The van der Waals surface area contributed by atoms with Crippen LogP contribution in [0.1, 0.15) is 20.6 Å². The van der Waals surface area contributed by atoms with E-state index < -0.39 is 4.92 Å². The summed E-state index contributed by atoms with van der Waals surface area (Å²) in [6, 6.07) is 9.95. The molecule has 0 spiro atoms. The molecule has 0 saturated carbocycles. The first-order valence-corrected chi connectivity index (χ1v) is 9.84. The van der Waals surface area contributed by atoms with Crippen molar-refractivity contribution >= 4 is 40.6 Å². The summed E-state index contributed by atoms with van der Waals surface area (Å²) in [5.74, 6) is 0.227. The van der Waals surface area contributed by atoms with Crippen molar-refractivity contribution in [3.05, 3.63) is 62.3 Å². The lowest BCUT2D eigenvalue weighted by molar-refractivity contribution is -0.384. The number of thiophene rings is 1. The number of rotatable bonds is 6. The van der Waals surface area contributed by atoms with Gasteiger partial charge in [-0.2, -0.15) is 0 Å². The zero-order chi connectivity index (χ0) is 18.7. The van der Waals surface area contributed by atoms with E-state index in [0.717, 1.165) is 5.56 Å². The van der Waals surface area contributed by atoms with E-state index in [0.29, 0.717) is 23.7 Å². The van der Waals surface area contributed by atoms with Gasteiger partial charge in [0.15, 0.2) is 0 Å². The van der Waals surface area contributed by atoms with Crippen LogP contribution in [0.3, 0.4) is 0 Å². The molecule has 26 heavy (non-hydrogen) atoms. The molecule has 1 saturated heterocycles. The molecule has 1 unspecified atom stereocenters. The summed E-state index contributed by atoms with van der Waals surface area (Å²) in [6.45, 7) is 0.779. The third kappa shape index (κ3) is 3.88. The molecule has 3 rings (SSSR count). The fourth-order valence-electron chi connectivity index (χ4n) is 2.71. The van der Waals surface area contributed by atoms with E-state index in [1.54, 1.807) is 35.0 Å². The van der Waals surface area contributed by atoms with Crippen LogP contribution in [-0.2, 0) is 4.79 Å². The Morgan fingerprint density at radius 1 is 1.38 bits per heavy atom. The third-order valence-electron chi connectivity index (χ3n) is 4.09. The number of nitro benzene ring substituents is 1. The van der Waals surface area contributed by atoms with Crippen LogP contribution < -0.4 is 0 Å². The van der Waals surface area contributed by atoms with Crippen LogP contribution in [0.25, 0.3) is 0 Å². The summed E-state index contributed by atoms with van der Waals surface area (Å²) in [4.78, 5) is 39.1. The van der Waals surface area contributed by atoms with Gasteiger partial charge in [-0.15, -0.1) is 23.1 Å². The Kier molecular flexibility index (Phi) is 5.58. The number of thioether (sulfide) groups is 1. The van der Waals surface area contributed by atoms with Crippen LogP contribution in [0.15, 0.2) is 41.8 Å². The normalized spacial score (nSPS) is 16.7. The number of hydrogen-bond acceptors (Lipinski definition) is 6. The van der Waals surface area contributed by atoms with Gasteiger partial charge in [0.25, 0.3) is 11.6 Å². The van der Waals surface area contributed by atoms with Crippen LogP contribution >= 0.6 is 23.1 Å².